The van der Waals surface area contributed by atoms with Gasteiger partial charge >= 0.3 is 0 Å². The lowest BCUT2D eigenvalue weighted by Crippen LogP contribution is -2.40. The normalized spacial score (nSPS) is 11.9. The van der Waals surface area contributed by atoms with Crippen molar-refractivity contribution in [2.45, 2.75) is 26.8 Å². The first-order chi connectivity index (χ1) is 10.2. The fourth-order valence-electron chi connectivity index (χ4n) is 1.82. The van der Waals surface area contributed by atoms with Crippen molar-refractivity contribution < 1.29 is 17.6 Å². The van der Waals surface area contributed by atoms with Gasteiger partial charge in [0.1, 0.15) is 5.82 Å². The number of amides is 1. The zero-order chi connectivity index (χ0) is 16.8. The van der Waals surface area contributed by atoms with Crippen molar-refractivity contribution in [3.8, 4) is 0 Å². The van der Waals surface area contributed by atoms with E-state index >= 15 is 0 Å². The molecular formula is C15H23FN2O3S. The Hall–Kier alpha value is -1.47. The minimum Gasteiger partial charge on any atom is -0.355 e. The smallest absolute Gasteiger partial charge is 0.235 e. The molecule has 7 heteroatoms. The van der Waals surface area contributed by atoms with Crippen LogP contribution in [-0.4, -0.2) is 38.0 Å². The number of rotatable bonds is 8. The van der Waals surface area contributed by atoms with Crippen molar-refractivity contribution >= 4 is 15.9 Å². The lowest BCUT2D eigenvalue weighted by molar-refractivity contribution is -0.121. The van der Waals surface area contributed by atoms with Gasteiger partial charge in [-0.1, -0.05) is 32.0 Å². The Bertz CT molecular complexity index is 603. The summed E-state index contributed by atoms with van der Waals surface area (Å²) < 4.78 is 38.2. The molecule has 0 fully saturated rings. The second kappa shape index (κ2) is 8.24. The summed E-state index contributed by atoms with van der Waals surface area (Å²) >= 11 is 0. The highest BCUT2D eigenvalue weighted by molar-refractivity contribution is 7.88. The highest BCUT2D eigenvalue weighted by atomic mass is 32.2. The van der Waals surface area contributed by atoms with Crippen LogP contribution in [-0.2, 0) is 21.4 Å². The first-order valence-corrected chi connectivity index (χ1v) is 9.00. The summed E-state index contributed by atoms with van der Waals surface area (Å²) in [6.45, 7) is 4.09. The molecule has 0 aliphatic heterocycles. The van der Waals surface area contributed by atoms with Crippen LogP contribution in [0.4, 0.5) is 4.39 Å². The third kappa shape index (κ3) is 6.53. The van der Waals surface area contributed by atoms with E-state index in [1.54, 1.807) is 6.07 Å². The van der Waals surface area contributed by atoms with E-state index in [-0.39, 0.29) is 24.6 Å². The first kappa shape index (κ1) is 18.6. The van der Waals surface area contributed by atoms with Gasteiger partial charge in [-0.3, -0.25) is 4.79 Å². The van der Waals surface area contributed by atoms with Gasteiger partial charge in [0.05, 0.1) is 12.8 Å². The summed E-state index contributed by atoms with van der Waals surface area (Å²) in [7, 11) is -3.61. The lowest BCUT2D eigenvalue weighted by Gasteiger charge is -2.20. The van der Waals surface area contributed by atoms with Crippen molar-refractivity contribution in [3.63, 3.8) is 0 Å². The summed E-state index contributed by atoms with van der Waals surface area (Å²) in [5.74, 6) is -0.427. The summed E-state index contributed by atoms with van der Waals surface area (Å²) in [5, 5.41) is 2.68. The molecule has 0 unspecified atom stereocenters. The topological polar surface area (TPSA) is 66.5 Å². The van der Waals surface area contributed by atoms with E-state index in [1.165, 1.54) is 18.2 Å². The van der Waals surface area contributed by atoms with E-state index in [2.05, 4.69) is 5.32 Å². The van der Waals surface area contributed by atoms with Crippen LogP contribution in [0.25, 0.3) is 0 Å². The molecular weight excluding hydrogens is 307 g/mol. The van der Waals surface area contributed by atoms with Gasteiger partial charge in [0.2, 0.25) is 15.9 Å². The monoisotopic (exact) mass is 330 g/mol. The van der Waals surface area contributed by atoms with Crippen molar-refractivity contribution in [1.29, 1.82) is 0 Å². The average Bonchev–Trinajstić information content (AvgIpc) is 2.39. The van der Waals surface area contributed by atoms with Gasteiger partial charge in [0.15, 0.2) is 0 Å². The standard InChI is InChI=1S/C15H23FN2O3S/c1-12(2)8-9-17-15(19)11-18(22(3,20)21)10-13-6-4-5-7-14(13)16/h4-7,12H,8-11H2,1-3H3,(H,17,19). The number of nitrogens with one attached hydrogen (secondary N) is 1. The summed E-state index contributed by atoms with van der Waals surface area (Å²) in [4.78, 5) is 11.8. The van der Waals surface area contributed by atoms with Gasteiger partial charge in [-0.15, -0.1) is 0 Å². The maximum Gasteiger partial charge on any atom is 0.235 e. The number of carbonyl (C=O) groups excluding carboxylic acids is 1. The Balaban J connectivity index is 2.70. The second-order valence-corrected chi connectivity index (χ2v) is 7.64. The molecule has 1 aromatic rings. The Morgan fingerprint density at radius 3 is 2.50 bits per heavy atom. The molecule has 0 aliphatic carbocycles. The molecule has 0 atom stereocenters. The molecule has 1 N–H and O–H groups in total. The van der Waals surface area contributed by atoms with Gasteiger partial charge in [0, 0.05) is 18.7 Å². The molecule has 22 heavy (non-hydrogen) atoms. The predicted molar refractivity (Wildman–Crippen MR) is 84.1 cm³/mol. The van der Waals surface area contributed by atoms with Crippen LogP contribution in [0.5, 0.6) is 0 Å². The maximum atomic E-state index is 13.6. The third-order valence-corrected chi connectivity index (χ3v) is 4.33. The molecule has 1 rings (SSSR count). The van der Waals surface area contributed by atoms with E-state index in [9.17, 15) is 17.6 Å². The largest absolute Gasteiger partial charge is 0.355 e. The van der Waals surface area contributed by atoms with Crippen molar-refractivity contribution in [3.05, 3.63) is 35.6 Å². The van der Waals surface area contributed by atoms with Crippen molar-refractivity contribution in [2.75, 3.05) is 19.3 Å². The van der Waals surface area contributed by atoms with Crippen LogP contribution >= 0.6 is 0 Å². The van der Waals surface area contributed by atoms with Crippen LogP contribution in [0.3, 0.4) is 0 Å². The number of nitrogens with zero attached hydrogens (tertiary/aromatic N) is 1. The van der Waals surface area contributed by atoms with Gasteiger partial charge in [-0.25, -0.2) is 12.8 Å². The van der Waals surface area contributed by atoms with Gasteiger partial charge in [-0.2, -0.15) is 4.31 Å². The van der Waals surface area contributed by atoms with Crippen LogP contribution in [0, 0.1) is 11.7 Å². The zero-order valence-electron chi connectivity index (χ0n) is 13.2. The molecule has 0 saturated heterocycles. The molecule has 0 saturated carbocycles. The number of sulfonamides is 1. The molecule has 0 spiro atoms. The minimum absolute atomic E-state index is 0.164. The molecule has 5 nitrogen and oxygen atoms in total. The SMILES string of the molecule is CC(C)CCNC(=O)CN(Cc1ccccc1F)S(C)(=O)=O. The van der Waals surface area contributed by atoms with Crippen LogP contribution in [0.1, 0.15) is 25.8 Å². The van der Waals surface area contributed by atoms with E-state index in [1.807, 2.05) is 13.8 Å². The summed E-state index contributed by atoms with van der Waals surface area (Å²) in [6.07, 6.45) is 1.83. The highest BCUT2D eigenvalue weighted by Crippen LogP contribution is 2.12. The minimum atomic E-state index is -3.61. The third-order valence-electron chi connectivity index (χ3n) is 3.14. The Morgan fingerprint density at radius 2 is 1.95 bits per heavy atom. The number of carbonyl (C=O) groups is 1. The van der Waals surface area contributed by atoms with E-state index in [4.69, 9.17) is 0 Å². The molecule has 1 amide bonds. The molecule has 0 radical (unpaired) electrons. The average molecular weight is 330 g/mol. The number of halogens is 1. The summed E-state index contributed by atoms with van der Waals surface area (Å²) in [6, 6.07) is 5.92. The van der Waals surface area contributed by atoms with Crippen LogP contribution < -0.4 is 5.32 Å². The van der Waals surface area contributed by atoms with Crippen molar-refractivity contribution in [1.82, 2.24) is 9.62 Å². The molecule has 1 aromatic carbocycles. The van der Waals surface area contributed by atoms with Crippen LogP contribution in [0.15, 0.2) is 24.3 Å². The fraction of sp³-hybridized carbons (Fsp3) is 0.533. The van der Waals surface area contributed by atoms with E-state index in [0.29, 0.717) is 12.5 Å². The van der Waals surface area contributed by atoms with Crippen LogP contribution in [0.2, 0.25) is 0 Å². The number of hydrogen-bond acceptors (Lipinski definition) is 3. The lowest BCUT2D eigenvalue weighted by atomic mass is 10.1. The van der Waals surface area contributed by atoms with E-state index < -0.39 is 15.8 Å². The summed E-state index contributed by atoms with van der Waals surface area (Å²) in [5.41, 5.74) is 0.239. The second-order valence-electron chi connectivity index (χ2n) is 5.65. The number of benzene rings is 1. The molecule has 0 bridgehead atoms. The Kier molecular flexibility index (Phi) is 6.96. The quantitative estimate of drug-likeness (QED) is 0.790. The van der Waals surface area contributed by atoms with Gasteiger partial charge in [-0.05, 0) is 18.4 Å². The van der Waals surface area contributed by atoms with Gasteiger partial charge in [0.25, 0.3) is 0 Å². The van der Waals surface area contributed by atoms with Gasteiger partial charge < -0.3 is 5.32 Å². The Morgan fingerprint density at radius 1 is 1.32 bits per heavy atom. The molecule has 0 heterocycles. The Labute approximate surface area is 131 Å². The molecule has 0 aromatic heterocycles. The zero-order valence-corrected chi connectivity index (χ0v) is 14.0. The number of hydrogen-bond donors (Lipinski definition) is 1. The predicted octanol–water partition coefficient (Wildman–Crippen LogP) is 1.75. The molecule has 124 valence electrons. The molecule has 0 aliphatic rings. The highest BCUT2D eigenvalue weighted by Gasteiger charge is 2.21. The fourth-order valence-corrected chi connectivity index (χ4v) is 2.55. The van der Waals surface area contributed by atoms with E-state index in [0.717, 1.165) is 17.0 Å². The van der Waals surface area contributed by atoms with Crippen molar-refractivity contribution in [2.24, 2.45) is 5.92 Å². The first-order valence-electron chi connectivity index (χ1n) is 7.15. The maximum absolute atomic E-state index is 13.6.